The van der Waals surface area contributed by atoms with Crippen LogP contribution in [0.2, 0.25) is 0 Å². The van der Waals surface area contributed by atoms with E-state index in [1.54, 1.807) is 12.1 Å². The number of Topliss-reactive ketones (excluding diaryl/α,β-unsaturated/α-hetero) is 1. The zero-order valence-electron chi connectivity index (χ0n) is 14.2. The number of nitrogens with zero attached hydrogens (tertiary/aromatic N) is 2. The summed E-state index contributed by atoms with van der Waals surface area (Å²) in [6.45, 7) is 2.37. The zero-order valence-corrected chi connectivity index (χ0v) is 14.2. The Labute approximate surface area is 145 Å². The third kappa shape index (κ3) is 2.22. The number of benzene rings is 2. The minimum atomic E-state index is -0.944. The smallest absolute Gasteiger partial charge is 0.338 e. The molecule has 1 heterocycles. The molecule has 0 amide bonds. The van der Waals surface area contributed by atoms with Crippen LogP contribution in [-0.4, -0.2) is 30.9 Å². The minimum Gasteiger partial charge on any atom is -0.465 e. The molecule has 2 atom stereocenters. The number of esters is 1. The summed E-state index contributed by atoms with van der Waals surface area (Å²) in [4.78, 5) is 25.4. The van der Waals surface area contributed by atoms with Gasteiger partial charge in [-0.3, -0.25) is 4.79 Å². The van der Waals surface area contributed by atoms with E-state index in [2.05, 4.69) is 10.2 Å². The molecule has 2 unspecified atom stereocenters. The van der Waals surface area contributed by atoms with Gasteiger partial charge in [0.05, 0.1) is 19.2 Å². The van der Waals surface area contributed by atoms with E-state index >= 15 is 0 Å². The van der Waals surface area contributed by atoms with Gasteiger partial charge in [0, 0.05) is 17.9 Å². The normalized spacial score (nSPS) is 23.9. The number of azo groups is 1. The molecule has 1 spiro atoms. The molecule has 0 aromatic heterocycles. The minimum absolute atomic E-state index is 0.00267. The lowest BCUT2D eigenvalue weighted by Crippen LogP contribution is -2.39. The summed E-state index contributed by atoms with van der Waals surface area (Å²) in [5.41, 5.74) is 3.07. The van der Waals surface area contributed by atoms with Crippen molar-refractivity contribution in [3.63, 3.8) is 0 Å². The van der Waals surface area contributed by atoms with Crippen molar-refractivity contribution in [3.8, 4) is 0 Å². The van der Waals surface area contributed by atoms with Crippen LogP contribution < -0.4 is 0 Å². The van der Waals surface area contributed by atoms with Gasteiger partial charge < -0.3 is 4.74 Å². The Morgan fingerprint density at radius 3 is 2.84 bits per heavy atom. The zero-order chi connectivity index (χ0) is 17.6. The first-order valence-corrected chi connectivity index (χ1v) is 8.27. The molecule has 2 aromatic rings. The molecule has 0 N–H and O–H groups in total. The van der Waals surface area contributed by atoms with Crippen LogP contribution >= 0.6 is 0 Å². The lowest BCUT2D eigenvalue weighted by molar-refractivity contribution is 0.0597. The van der Waals surface area contributed by atoms with Gasteiger partial charge in [0.2, 0.25) is 0 Å². The van der Waals surface area contributed by atoms with Gasteiger partial charge in [0.1, 0.15) is 0 Å². The van der Waals surface area contributed by atoms with Crippen LogP contribution in [0.15, 0.2) is 52.7 Å². The van der Waals surface area contributed by atoms with Gasteiger partial charge in [0.25, 0.3) is 0 Å². The van der Waals surface area contributed by atoms with Gasteiger partial charge in [-0.15, -0.1) is 0 Å². The summed E-state index contributed by atoms with van der Waals surface area (Å²) < 4.78 is 4.91. The maximum atomic E-state index is 13.2. The molecule has 126 valence electrons. The fourth-order valence-electron chi connectivity index (χ4n) is 3.94. The Balaban J connectivity index is 1.82. The Kier molecular flexibility index (Phi) is 3.53. The van der Waals surface area contributed by atoms with Crippen molar-refractivity contribution in [1.29, 1.82) is 0 Å². The van der Waals surface area contributed by atoms with Crippen molar-refractivity contribution in [2.24, 2.45) is 10.2 Å². The molecule has 1 aliphatic heterocycles. The number of carbonyl (C=O) groups is 2. The summed E-state index contributed by atoms with van der Waals surface area (Å²) in [6, 6.07) is 13.2. The van der Waals surface area contributed by atoms with E-state index in [0.717, 1.165) is 22.3 Å². The first-order valence-electron chi connectivity index (χ1n) is 8.27. The average molecular weight is 334 g/mol. The predicted octanol–water partition coefficient (Wildman–Crippen LogP) is 3.51. The Hall–Kier alpha value is -2.82. The van der Waals surface area contributed by atoms with Crippen molar-refractivity contribution in [1.82, 2.24) is 0 Å². The van der Waals surface area contributed by atoms with Crippen molar-refractivity contribution in [3.05, 3.63) is 70.3 Å². The highest BCUT2D eigenvalue weighted by Crippen LogP contribution is 2.47. The standard InChI is InChI=1S/C20H18N2O3/c1-12-7-8-13-10-20(18(23)16(13)9-12)17(11-21-22-20)14-5-3-4-6-15(14)19(24)25-2/h3-9,17H,10-11H2,1-2H3. The monoisotopic (exact) mass is 334 g/mol. The van der Waals surface area contributed by atoms with Crippen LogP contribution in [-0.2, 0) is 11.2 Å². The number of methoxy groups -OCH3 is 1. The number of rotatable bonds is 2. The number of fused-ring (bicyclic) bond motifs is 1. The molecule has 2 aromatic carbocycles. The molecule has 0 radical (unpaired) electrons. The summed E-state index contributed by atoms with van der Waals surface area (Å²) in [5, 5.41) is 8.61. The third-order valence-electron chi connectivity index (χ3n) is 5.19. The number of carbonyl (C=O) groups excluding carboxylic acids is 2. The van der Waals surface area contributed by atoms with Crippen LogP contribution in [0.3, 0.4) is 0 Å². The summed E-state index contributed by atoms with van der Waals surface area (Å²) in [6.07, 6.45) is 0.519. The van der Waals surface area contributed by atoms with Gasteiger partial charge in [-0.2, -0.15) is 10.2 Å². The third-order valence-corrected chi connectivity index (χ3v) is 5.19. The van der Waals surface area contributed by atoms with Crippen LogP contribution in [0, 0.1) is 6.92 Å². The highest BCUT2D eigenvalue weighted by Gasteiger charge is 2.55. The van der Waals surface area contributed by atoms with Crippen LogP contribution in [0.4, 0.5) is 0 Å². The maximum absolute atomic E-state index is 13.2. The second kappa shape index (κ2) is 5.62. The van der Waals surface area contributed by atoms with Gasteiger partial charge in [0.15, 0.2) is 11.3 Å². The number of ether oxygens (including phenoxy) is 1. The molecule has 0 saturated heterocycles. The van der Waals surface area contributed by atoms with E-state index in [1.807, 2.05) is 37.3 Å². The van der Waals surface area contributed by atoms with Gasteiger partial charge >= 0.3 is 5.97 Å². The maximum Gasteiger partial charge on any atom is 0.338 e. The Morgan fingerprint density at radius 2 is 2.04 bits per heavy atom. The van der Waals surface area contributed by atoms with E-state index in [4.69, 9.17) is 4.74 Å². The lowest BCUT2D eigenvalue weighted by atomic mass is 9.76. The van der Waals surface area contributed by atoms with Crippen LogP contribution in [0.1, 0.15) is 43.3 Å². The summed E-state index contributed by atoms with van der Waals surface area (Å²) in [5.74, 6) is -0.670. The van der Waals surface area contributed by atoms with Crippen LogP contribution in [0.5, 0.6) is 0 Å². The molecular weight excluding hydrogens is 316 g/mol. The number of hydrogen-bond acceptors (Lipinski definition) is 5. The predicted molar refractivity (Wildman–Crippen MR) is 92.2 cm³/mol. The number of hydrogen-bond donors (Lipinski definition) is 0. The first kappa shape index (κ1) is 15.7. The lowest BCUT2D eigenvalue weighted by Gasteiger charge is -2.26. The Bertz CT molecular complexity index is 919. The van der Waals surface area contributed by atoms with E-state index in [9.17, 15) is 9.59 Å². The van der Waals surface area contributed by atoms with E-state index in [0.29, 0.717) is 18.5 Å². The molecule has 1 aliphatic carbocycles. The van der Waals surface area contributed by atoms with Gasteiger partial charge in [-0.25, -0.2) is 4.79 Å². The van der Waals surface area contributed by atoms with E-state index in [-0.39, 0.29) is 11.7 Å². The van der Waals surface area contributed by atoms with Crippen molar-refractivity contribution in [2.45, 2.75) is 24.8 Å². The van der Waals surface area contributed by atoms with Crippen LogP contribution in [0.25, 0.3) is 0 Å². The molecule has 5 heteroatoms. The highest BCUT2D eigenvalue weighted by atomic mass is 16.5. The van der Waals surface area contributed by atoms with Crippen molar-refractivity contribution >= 4 is 11.8 Å². The van der Waals surface area contributed by atoms with Gasteiger partial charge in [-0.05, 0) is 30.2 Å². The molecule has 4 rings (SSSR count). The molecule has 5 nitrogen and oxygen atoms in total. The van der Waals surface area contributed by atoms with Crippen molar-refractivity contribution < 1.29 is 14.3 Å². The molecular formula is C20H18N2O3. The molecule has 0 saturated carbocycles. The quantitative estimate of drug-likeness (QED) is 0.789. The fraction of sp³-hybridized carbons (Fsp3) is 0.300. The summed E-state index contributed by atoms with van der Waals surface area (Å²) in [7, 11) is 1.36. The molecule has 2 aliphatic rings. The second-order valence-electron chi connectivity index (χ2n) is 6.65. The van der Waals surface area contributed by atoms with E-state index < -0.39 is 11.5 Å². The average Bonchev–Trinajstić information content (AvgIpc) is 3.17. The summed E-state index contributed by atoms with van der Waals surface area (Å²) >= 11 is 0. The topological polar surface area (TPSA) is 68.1 Å². The molecule has 0 fully saturated rings. The Morgan fingerprint density at radius 1 is 1.24 bits per heavy atom. The fourth-order valence-corrected chi connectivity index (χ4v) is 3.94. The second-order valence-corrected chi connectivity index (χ2v) is 6.65. The SMILES string of the molecule is COC(=O)c1ccccc1C1CN=NC12Cc1ccc(C)cc1C2=O. The molecule has 25 heavy (non-hydrogen) atoms. The highest BCUT2D eigenvalue weighted by molar-refractivity contribution is 6.09. The van der Waals surface area contributed by atoms with Crippen molar-refractivity contribution in [2.75, 3.05) is 13.7 Å². The number of ketones is 1. The van der Waals surface area contributed by atoms with E-state index in [1.165, 1.54) is 7.11 Å². The number of aryl methyl sites for hydroxylation is 1. The largest absolute Gasteiger partial charge is 0.465 e. The first-order chi connectivity index (χ1) is 12.1. The van der Waals surface area contributed by atoms with Gasteiger partial charge in [-0.1, -0.05) is 35.9 Å². The molecule has 0 bridgehead atoms.